The van der Waals surface area contributed by atoms with Gasteiger partial charge in [-0.3, -0.25) is 4.79 Å². The van der Waals surface area contributed by atoms with Gasteiger partial charge in [0.1, 0.15) is 0 Å². The third-order valence-electron chi connectivity index (χ3n) is 3.55. The zero-order valence-corrected chi connectivity index (χ0v) is 12.0. The summed E-state index contributed by atoms with van der Waals surface area (Å²) in [6, 6.07) is 0.394. The number of rotatable bonds is 6. The van der Waals surface area contributed by atoms with E-state index in [1.807, 2.05) is 11.8 Å². The van der Waals surface area contributed by atoms with Crippen LogP contribution in [-0.2, 0) is 4.79 Å². The van der Waals surface area contributed by atoms with Crippen LogP contribution in [0.25, 0.3) is 0 Å². The minimum atomic E-state index is 0.345. The molecule has 3 nitrogen and oxygen atoms in total. The van der Waals surface area contributed by atoms with Gasteiger partial charge in [0.25, 0.3) is 0 Å². The second-order valence-electron chi connectivity index (χ2n) is 4.86. The predicted molar refractivity (Wildman–Crippen MR) is 75.2 cm³/mol. The summed E-state index contributed by atoms with van der Waals surface area (Å²) in [6.45, 7) is 6.09. The Morgan fingerprint density at radius 3 is 2.71 bits per heavy atom. The van der Waals surface area contributed by atoms with Crippen molar-refractivity contribution in [3.05, 3.63) is 0 Å². The van der Waals surface area contributed by atoms with Crippen LogP contribution >= 0.6 is 11.8 Å². The highest BCUT2D eigenvalue weighted by atomic mass is 32.2. The van der Waals surface area contributed by atoms with Crippen LogP contribution in [0.3, 0.4) is 0 Å². The molecule has 0 bridgehead atoms. The van der Waals surface area contributed by atoms with Crippen LogP contribution in [0.1, 0.15) is 46.0 Å². The van der Waals surface area contributed by atoms with E-state index in [0.29, 0.717) is 23.6 Å². The molecule has 100 valence electrons. The maximum absolute atomic E-state index is 12.1. The lowest BCUT2D eigenvalue weighted by Crippen LogP contribution is -2.47. The van der Waals surface area contributed by atoms with Gasteiger partial charge in [-0.15, -0.1) is 0 Å². The van der Waals surface area contributed by atoms with Crippen molar-refractivity contribution in [2.24, 2.45) is 5.73 Å². The Hall–Kier alpha value is -0.220. The average molecular weight is 258 g/mol. The number of hydrogen-bond acceptors (Lipinski definition) is 3. The first-order chi connectivity index (χ1) is 8.16. The van der Waals surface area contributed by atoms with Crippen molar-refractivity contribution in [3.8, 4) is 0 Å². The Morgan fingerprint density at radius 2 is 2.00 bits per heavy atom. The fourth-order valence-corrected chi connectivity index (χ4v) is 3.30. The Bertz CT molecular complexity index is 235. The summed E-state index contributed by atoms with van der Waals surface area (Å²) in [5, 5.41) is 0.574. The van der Waals surface area contributed by atoms with Gasteiger partial charge in [0.2, 0.25) is 5.91 Å². The van der Waals surface area contributed by atoms with E-state index in [-0.39, 0.29) is 0 Å². The topological polar surface area (TPSA) is 46.3 Å². The third kappa shape index (κ3) is 4.88. The molecule has 17 heavy (non-hydrogen) atoms. The van der Waals surface area contributed by atoms with Crippen molar-refractivity contribution in [1.29, 1.82) is 0 Å². The summed E-state index contributed by atoms with van der Waals surface area (Å²) in [7, 11) is 0. The van der Waals surface area contributed by atoms with E-state index in [1.165, 1.54) is 0 Å². The van der Waals surface area contributed by atoms with Crippen molar-refractivity contribution in [2.45, 2.75) is 57.2 Å². The molecule has 0 spiro atoms. The summed E-state index contributed by atoms with van der Waals surface area (Å²) in [4.78, 5) is 14.2. The number of amides is 1. The quantitative estimate of drug-likeness (QED) is 0.743. The number of carbonyl (C=O) groups is 1. The molecule has 0 aliphatic carbocycles. The Balaban J connectivity index is 2.22. The van der Waals surface area contributed by atoms with E-state index in [1.54, 1.807) is 0 Å². The fourth-order valence-electron chi connectivity index (χ4n) is 2.20. The zero-order chi connectivity index (χ0) is 12.7. The molecule has 4 heteroatoms. The first-order valence-corrected chi connectivity index (χ1v) is 7.83. The van der Waals surface area contributed by atoms with Crippen molar-refractivity contribution < 1.29 is 4.79 Å². The largest absolute Gasteiger partial charge is 0.338 e. The lowest BCUT2D eigenvalue weighted by molar-refractivity contribution is -0.133. The third-order valence-corrected chi connectivity index (χ3v) is 4.89. The van der Waals surface area contributed by atoms with E-state index in [4.69, 9.17) is 5.73 Å². The van der Waals surface area contributed by atoms with Gasteiger partial charge in [0.05, 0.1) is 0 Å². The van der Waals surface area contributed by atoms with Crippen molar-refractivity contribution >= 4 is 17.7 Å². The van der Waals surface area contributed by atoms with Gasteiger partial charge in [-0.05, 0) is 26.3 Å². The summed E-state index contributed by atoms with van der Waals surface area (Å²) < 4.78 is 0. The van der Waals surface area contributed by atoms with Gasteiger partial charge in [0, 0.05) is 30.0 Å². The monoisotopic (exact) mass is 258 g/mol. The second kappa shape index (κ2) is 7.98. The minimum absolute atomic E-state index is 0.345. The molecular weight excluding hydrogens is 232 g/mol. The Labute approximate surface area is 109 Å². The standard InChI is InChI=1S/C13H26N2OS/c1-11-12(2)17-10-9-15(11)13(16)7-5-3-4-6-8-14/h11-12H,3-10,14H2,1-2H3. The van der Waals surface area contributed by atoms with Crippen LogP contribution in [0.15, 0.2) is 0 Å². The van der Waals surface area contributed by atoms with Crippen molar-refractivity contribution in [1.82, 2.24) is 4.90 Å². The average Bonchev–Trinajstić information content (AvgIpc) is 2.32. The van der Waals surface area contributed by atoms with Gasteiger partial charge < -0.3 is 10.6 Å². The number of hydrogen-bond donors (Lipinski definition) is 1. The van der Waals surface area contributed by atoms with Crippen LogP contribution in [-0.4, -0.2) is 40.9 Å². The molecule has 1 rings (SSSR count). The fraction of sp³-hybridized carbons (Fsp3) is 0.923. The molecule has 1 fully saturated rings. The zero-order valence-electron chi connectivity index (χ0n) is 11.2. The van der Waals surface area contributed by atoms with Gasteiger partial charge in [-0.1, -0.05) is 19.8 Å². The minimum Gasteiger partial charge on any atom is -0.338 e. The summed E-state index contributed by atoms with van der Waals surface area (Å²) in [5.41, 5.74) is 5.44. The SMILES string of the molecule is CC1SCCN(C(=O)CCCCCCN)C1C. The molecule has 1 aliphatic heterocycles. The highest BCUT2D eigenvalue weighted by Gasteiger charge is 2.28. The summed E-state index contributed by atoms with van der Waals surface area (Å²) in [6.07, 6.45) is 5.11. The van der Waals surface area contributed by atoms with E-state index in [2.05, 4.69) is 18.7 Å². The van der Waals surface area contributed by atoms with Gasteiger partial charge in [-0.25, -0.2) is 0 Å². The van der Waals surface area contributed by atoms with E-state index in [9.17, 15) is 4.79 Å². The number of thioether (sulfide) groups is 1. The second-order valence-corrected chi connectivity index (χ2v) is 6.34. The molecule has 0 aromatic rings. The maximum atomic E-state index is 12.1. The van der Waals surface area contributed by atoms with Gasteiger partial charge in [-0.2, -0.15) is 11.8 Å². The maximum Gasteiger partial charge on any atom is 0.222 e. The number of nitrogens with zero attached hydrogens (tertiary/aromatic N) is 1. The molecule has 1 aliphatic rings. The highest BCUT2D eigenvalue weighted by molar-refractivity contribution is 8.00. The summed E-state index contributed by atoms with van der Waals surface area (Å²) in [5.74, 6) is 1.43. The highest BCUT2D eigenvalue weighted by Crippen LogP contribution is 2.25. The van der Waals surface area contributed by atoms with Crippen LogP contribution < -0.4 is 5.73 Å². The molecule has 1 amide bonds. The molecule has 1 saturated heterocycles. The predicted octanol–water partition coefficient (Wildman–Crippen LogP) is 2.25. The molecule has 2 N–H and O–H groups in total. The van der Waals surface area contributed by atoms with Crippen molar-refractivity contribution in [2.75, 3.05) is 18.8 Å². The van der Waals surface area contributed by atoms with Gasteiger partial charge >= 0.3 is 0 Å². The molecular formula is C13H26N2OS. The van der Waals surface area contributed by atoms with Gasteiger partial charge in [0.15, 0.2) is 0 Å². The van der Waals surface area contributed by atoms with Crippen molar-refractivity contribution in [3.63, 3.8) is 0 Å². The Morgan fingerprint density at radius 1 is 1.29 bits per heavy atom. The lowest BCUT2D eigenvalue weighted by atomic mass is 10.1. The molecule has 1 heterocycles. The summed E-state index contributed by atoms with van der Waals surface area (Å²) >= 11 is 1.97. The molecule has 0 radical (unpaired) electrons. The molecule has 0 aromatic heterocycles. The number of carbonyl (C=O) groups excluding carboxylic acids is 1. The van der Waals surface area contributed by atoms with E-state index >= 15 is 0 Å². The van der Waals surface area contributed by atoms with Crippen LogP contribution in [0.4, 0.5) is 0 Å². The number of unbranched alkanes of at least 4 members (excludes halogenated alkanes) is 3. The number of nitrogens with two attached hydrogens (primary N) is 1. The smallest absolute Gasteiger partial charge is 0.222 e. The van der Waals surface area contributed by atoms with Crippen LogP contribution in [0.2, 0.25) is 0 Å². The van der Waals surface area contributed by atoms with E-state index in [0.717, 1.165) is 44.5 Å². The first-order valence-electron chi connectivity index (χ1n) is 6.78. The van der Waals surface area contributed by atoms with E-state index < -0.39 is 0 Å². The first kappa shape index (κ1) is 14.8. The molecule has 2 atom stereocenters. The molecule has 2 unspecified atom stereocenters. The molecule has 0 saturated carbocycles. The normalized spacial score (nSPS) is 25.0. The Kier molecular flexibility index (Phi) is 6.97. The van der Waals surface area contributed by atoms with Crippen LogP contribution in [0, 0.1) is 0 Å². The lowest BCUT2D eigenvalue weighted by Gasteiger charge is -2.37. The molecule has 0 aromatic carbocycles. The van der Waals surface area contributed by atoms with Crippen LogP contribution in [0.5, 0.6) is 0 Å².